The molecule has 0 saturated carbocycles. The Morgan fingerprint density at radius 3 is 2.70 bits per heavy atom. The van der Waals surface area contributed by atoms with Crippen LogP contribution in [0.25, 0.3) is 33.3 Å². The lowest BCUT2D eigenvalue weighted by atomic mass is 10.1. The van der Waals surface area contributed by atoms with E-state index in [1.165, 1.54) is 0 Å². The number of aryl methyl sites for hydroxylation is 1. The molecule has 4 rings (SSSR count). The van der Waals surface area contributed by atoms with Crippen LogP contribution >= 0.6 is 0 Å². The summed E-state index contributed by atoms with van der Waals surface area (Å²) in [6.07, 6.45) is 1.66. The Morgan fingerprint density at radius 1 is 0.850 bits per heavy atom. The molecule has 96 valence electrons. The number of fused-ring (bicyclic) bond motifs is 2. The van der Waals surface area contributed by atoms with Crippen molar-refractivity contribution < 1.29 is 4.42 Å². The van der Waals surface area contributed by atoms with E-state index >= 15 is 0 Å². The Balaban J connectivity index is 1.91. The van der Waals surface area contributed by atoms with Crippen molar-refractivity contribution in [1.29, 1.82) is 0 Å². The number of pyridine rings is 2. The highest BCUT2D eigenvalue weighted by atomic mass is 16.3. The molecular weight excluding hydrogens is 248 g/mol. The van der Waals surface area contributed by atoms with Crippen LogP contribution in [-0.4, -0.2) is 9.97 Å². The highest BCUT2D eigenvalue weighted by molar-refractivity contribution is 5.85. The molecule has 0 bridgehead atoms. The summed E-state index contributed by atoms with van der Waals surface area (Å²) in [6, 6.07) is 16.2. The average Bonchev–Trinajstić information content (AvgIpc) is 2.93. The number of hydrogen-bond donors (Lipinski definition) is 0. The molecule has 0 spiro atoms. The van der Waals surface area contributed by atoms with E-state index in [0.717, 1.165) is 39.0 Å². The van der Waals surface area contributed by atoms with E-state index < -0.39 is 0 Å². The van der Waals surface area contributed by atoms with Gasteiger partial charge >= 0.3 is 0 Å². The zero-order chi connectivity index (χ0) is 13.5. The Hall–Kier alpha value is -2.68. The zero-order valence-electron chi connectivity index (χ0n) is 11.0. The first-order valence-electron chi connectivity index (χ1n) is 6.52. The van der Waals surface area contributed by atoms with Gasteiger partial charge in [-0.15, -0.1) is 0 Å². The van der Waals surface area contributed by atoms with Gasteiger partial charge in [0.05, 0.1) is 17.5 Å². The van der Waals surface area contributed by atoms with Crippen LogP contribution < -0.4 is 0 Å². The van der Waals surface area contributed by atoms with Crippen molar-refractivity contribution in [3.63, 3.8) is 0 Å². The van der Waals surface area contributed by atoms with Gasteiger partial charge in [-0.1, -0.05) is 18.2 Å². The molecule has 0 unspecified atom stereocenters. The van der Waals surface area contributed by atoms with Crippen molar-refractivity contribution in [2.45, 2.75) is 6.92 Å². The predicted molar refractivity (Wildman–Crippen MR) is 79.5 cm³/mol. The molecule has 20 heavy (non-hydrogen) atoms. The van der Waals surface area contributed by atoms with Crippen LogP contribution in [0.2, 0.25) is 0 Å². The van der Waals surface area contributed by atoms with Crippen LogP contribution in [0, 0.1) is 6.92 Å². The normalized spacial score (nSPS) is 11.2. The fourth-order valence-corrected chi connectivity index (χ4v) is 2.39. The topological polar surface area (TPSA) is 38.9 Å². The predicted octanol–water partition coefficient (Wildman–Crippen LogP) is 4.35. The van der Waals surface area contributed by atoms with Crippen molar-refractivity contribution >= 4 is 22.0 Å². The fourth-order valence-electron chi connectivity index (χ4n) is 2.39. The van der Waals surface area contributed by atoms with E-state index in [0.29, 0.717) is 0 Å². The maximum Gasteiger partial charge on any atom is 0.152 e. The van der Waals surface area contributed by atoms with Crippen molar-refractivity contribution in [1.82, 2.24) is 9.97 Å². The van der Waals surface area contributed by atoms with Gasteiger partial charge in [0, 0.05) is 22.7 Å². The lowest BCUT2D eigenvalue weighted by Gasteiger charge is -2.04. The van der Waals surface area contributed by atoms with Gasteiger partial charge in [0.2, 0.25) is 0 Å². The van der Waals surface area contributed by atoms with Crippen LogP contribution in [0.5, 0.6) is 0 Å². The summed E-state index contributed by atoms with van der Waals surface area (Å²) in [6.45, 7) is 2.00. The van der Waals surface area contributed by atoms with Crippen LogP contribution in [-0.2, 0) is 0 Å². The van der Waals surface area contributed by atoms with Crippen molar-refractivity contribution in [2.24, 2.45) is 0 Å². The summed E-state index contributed by atoms with van der Waals surface area (Å²) in [5.41, 5.74) is 5.70. The van der Waals surface area contributed by atoms with Crippen molar-refractivity contribution in [3.05, 3.63) is 60.5 Å². The third kappa shape index (κ3) is 1.75. The molecule has 3 aromatic heterocycles. The first-order valence-corrected chi connectivity index (χ1v) is 6.52. The smallest absolute Gasteiger partial charge is 0.152 e. The van der Waals surface area contributed by atoms with Crippen LogP contribution in [0.1, 0.15) is 5.69 Å². The quantitative estimate of drug-likeness (QED) is 0.510. The summed E-state index contributed by atoms with van der Waals surface area (Å²) < 4.78 is 5.32. The summed E-state index contributed by atoms with van der Waals surface area (Å²) in [5, 5.41) is 1.14. The monoisotopic (exact) mass is 260 g/mol. The zero-order valence-corrected chi connectivity index (χ0v) is 11.0. The van der Waals surface area contributed by atoms with E-state index in [1.807, 2.05) is 31.2 Å². The largest absolute Gasteiger partial charge is 0.463 e. The van der Waals surface area contributed by atoms with Gasteiger partial charge in [-0.25, -0.2) is 4.98 Å². The minimum absolute atomic E-state index is 0.809. The molecule has 0 amide bonds. The number of benzene rings is 1. The van der Waals surface area contributed by atoms with Crippen LogP contribution in [0.3, 0.4) is 0 Å². The van der Waals surface area contributed by atoms with E-state index in [4.69, 9.17) is 4.42 Å². The maximum absolute atomic E-state index is 5.32. The number of nitrogens with zero attached hydrogens (tertiary/aromatic N) is 2. The molecule has 1 aromatic carbocycles. The Morgan fingerprint density at radius 2 is 1.75 bits per heavy atom. The second-order valence-electron chi connectivity index (χ2n) is 4.86. The summed E-state index contributed by atoms with van der Waals surface area (Å²) >= 11 is 0. The van der Waals surface area contributed by atoms with E-state index in [9.17, 15) is 0 Å². The highest BCUT2D eigenvalue weighted by Gasteiger charge is 2.05. The minimum Gasteiger partial charge on any atom is -0.463 e. The fraction of sp³-hybridized carbons (Fsp3) is 0.0588. The van der Waals surface area contributed by atoms with Gasteiger partial charge in [-0.05, 0) is 31.2 Å². The van der Waals surface area contributed by atoms with Gasteiger partial charge < -0.3 is 4.42 Å². The lowest BCUT2D eigenvalue weighted by molar-refractivity contribution is 0.615. The number of furan rings is 1. The van der Waals surface area contributed by atoms with Gasteiger partial charge in [0.15, 0.2) is 5.58 Å². The highest BCUT2D eigenvalue weighted by Crippen LogP contribution is 2.24. The second-order valence-corrected chi connectivity index (χ2v) is 4.86. The molecule has 4 aromatic rings. The molecule has 0 aliphatic carbocycles. The first kappa shape index (κ1) is 11.2. The van der Waals surface area contributed by atoms with E-state index in [2.05, 4.69) is 34.2 Å². The van der Waals surface area contributed by atoms with Gasteiger partial charge in [-0.2, -0.15) is 0 Å². The summed E-state index contributed by atoms with van der Waals surface area (Å²) in [5.74, 6) is 0. The standard InChI is InChI=1S/C17H12N2O/c1-11-2-3-12-4-5-13(10-16(12)18-11)14-6-7-17-15(19-14)8-9-20-17/h2-10H,1H3. The minimum atomic E-state index is 0.809. The molecule has 0 N–H and O–H groups in total. The Bertz CT molecular complexity index is 924. The SMILES string of the molecule is Cc1ccc2ccc(-c3ccc4occc4n3)cc2n1. The maximum atomic E-state index is 5.32. The first-order chi connectivity index (χ1) is 9.79. The Kier molecular flexibility index (Phi) is 2.33. The summed E-state index contributed by atoms with van der Waals surface area (Å²) in [7, 11) is 0. The van der Waals surface area contributed by atoms with Crippen LogP contribution in [0.4, 0.5) is 0 Å². The number of rotatable bonds is 1. The molecule has 0 radical (unpaired) electrons. The molecule has 3 nitrogen and oxygen atoms in total. The Labute approximate surface area is 115 Å². The molecule has 0 fully saturated rings. The second kappa shape index (κ2) is 4.17. The molecule has 0 aliphatic rings. The number of aromatic nitrogens is 2. The molecule has 0 aliphatic heterocycles. The van der Waals surface area contributed by atoms with Gasteiger partial charge in [0.25, 0.3) is 0 Å². The summed E-state index contributed by atoms with van der Waals surface area (Å²) in [4.78, 5) is 9.18. The van der Waals surface area contributed by atoms with Gasteiger partial charge in [-0.3, -0.25) is 4.98 Å². The average molecular weight is 260 g/mol. The molecule has 3 heteroatoms. The van der Waals surface area contributed by atoms with Crippen molar-refractivity contribution in [3.8, 4) is 11.3 Å². The third-order valence-corrected chi connectivity index (χ3v) is 3.43. The van der Waals surface area contributed by atoms with Gasteiger partial charge in [0.1, 0.15) is 5.52 Å². The molecular formula is C17H12N2O. The van der Waals surface area contributed by atoms with E-state index in [1.54, 1.807) is 6.26 Å². The van der Waals surface area contributed by atoms with E-state index in [-0.39, 0.29) is 0 Å². The van der Waals surface area contributed by atoms with Crippen molar-refractivity contribution in [2.75, 3.05) is 0 Å². The molecule has 0 saturated heterocycles. The van der Waals surface area contributed by atoms with Crippen LogP contribution in [0.15, 0.2) is 59.2 Å². The number of hydrogen-bond acceptors (Lipinski definition) is 3. The third-order valence-electron chi connectivity index (χ3n) is 3.43. The molecule has 0 atom stereocenters. The lowest BCUT2D eigenvalue weighted by Crippen LogP contribution is -1.86. The molecule has 3 heterocycles.